The van der Waals surface area contributed by atoms with Crippen LogP contribution in [0.4, 0.5) is 34.1 Å². The van der Waals surface area contributed by atoms with E-state index in [2.05, 4.69) is 374 Å². The fourth-order valence-electron chi connectivity index (χ4n) is 15.0. The highest BCUT2D eigenvalue weighted by Crippen LogP contribution is 2.53. The predicted molar refractivity (Wildman–Crippen MR) is 386 cm³/mol. The maximum Gasteiger partial charge on any atom is 0.0542 e. The number of hydrogen-bond acceptors (Lipinski definition) is 2. The lowest BCUT2D eigenvalue weighted by molar-refractivity contribution is 0.660. The van der Waals surface area contributed by atoms with Gasteiger partial charge in [-0.3, -0.25) is 0 Å². The fourth-order valence-corrected chi connectivity index (χ4v) is 15.0. The summed E-state index contributed by atoms with van der Waals surface area (Å²) in [6, 6.07) is 121. The van der Waals surface area contributed by atoms with Crippen LogP contribution in [0.25, 0.3) is 100 Å². The Morgan fingerprint density at radius 3 is 0.902 bits per heavy atom. The van der Waals surface area contributed by atoms with Crippen LogP contribution in [0, 0.1) is 0 Å². The molecule has 438 valence electrons. The van der Waals surface area contributed by atoms with Gasteiger partial charge in [-0.25, -0.2) is 0 Å². The number of para-hydroxylation sites is 2. The van der Waals surface area contributed by atoms with Crippen molar-refractivity contribution < 1.29 is 0 Å². The molecule has 0 atom stereocenters. The predicted octanol–water partition coefficient (Wildman–Crippen LogP) is 23.8. The van der Waals surface area contributed by atoms with E-state index in [1.54, 1.807) is 0 Å². The molecule has 0 amide bonds. The molecule has 0 bridgehead atoms. The van der Waals surface area contributed by atoms with Gasteiger partial charge in [-0.05, 0) is 199 Å². The van der Waals surface area contributed by atoms with Crippen LogP contribution < -0.4 is 9.80 Å². The van der Waals surface area contributed by atoms with E-state index >= 15 is 0 Å². The molecule has 2 aromatic heterocycles. The first-order chi connectivity index (χ1) is 45.1. The third-order valence-electron chi connectivity index (χ3n) is 19.7. The van der Waals surface area contributed by atoms with E-state index in [0.717, 1.165) is 89.8 Å². The molecule has 17 rings (SSSR count). The van der Waals surface area contributed by atoms with E-state index in [0.29, 0.717) is 0 Å². The van der Waals surface area contributed by atoms with Crippen LogP contribution in [0.2, 0.25) is 0 Å². The van der Waals surface area contributed by atoms with Crippen molar-refractivity contribution in [1.82, 2.24) is 9.13 Å². The van der Waals surface area contributed by atoms with Crippen molar-refractivity contribution in [3.05, 3.63) is 350 Å². The Labute approximate surface area is 538 Å². The fraction of sp³-hybridized carbons (Fsp3) is 0.0682. The molecule has 0 unspecified atom stereocenters. The highest BCUT2D eigenvalue weighted by molar-refractivity contribution is 6.03. The van der Waals surface area contributed by atoms with E-state index in [4.69, 9.17) is 0 Å². The van der Waals surface area contributed by atoms with E-state index in [1.165, 1.54) is 66.8 Å². The maximum absolute atomic E-state index is 2.47. The summed E-state index contributed by atoms with van der Waals surface area (Å²) in [4.78, 5) is 4.80. The van der Waals surface area contributed by atoms with Gasteiger partial charge in [0.15, 0.2) is 0 Å². The minimum absolute atomic E-state index is 0.135. The van der Waals surface area contributed by atoms with Crippen LogP contribution >= 0.6 is 0 Å². The van der Waals surface area contributed by atoms with Crippen LogP contribution in [0.3, 0.4) is 0 Å². The topological polar surface area (TPSA) is 16.3 Å². The van der Waals surface area contributed by atoms with Crippen molar-refractivity contribution in [2.75, 3.05) is 9.80 Å². The molecular weight excluding hydrogens is 1110 g/mol. The normalized spacial score (nSPS) is 13.2. The molecule has 0 aliphatic heterocycles. The van der Waals surface area contributed by atoms with Gasteiger partial charge in [0.2, 0.25) is 0 Å². The van der Waals surface area contributed by atoms with Gasteiger partial charge in [0, 0.05) is 67.1 Å². The zero-order valence-electron chi connectivity index (χ0n) is 52.0. The quantitative estimate of drug-likeness (QED) is 0.121. The molecule has 4 nitrogen and oxygen atoms in total. The van der Waals surface area contributed by atoms with Crippen LogP contribution in [0.1, 0.15) is 49.9 Å². The van der Waals surface area contributed by atoms with Gasteiger partial charge in [0.1, 0.15) is 0 Å². The standard InChI is InChI=1S/C88H66N4/c1-87(2)79-31-19-17-29-75(79)77-51-49-73(57-81(77)87)89(67-25-13-7-14-26-67)69-41-45-71(46-42-69)91-83(63-37-33-61(34-38-63)59-21-9-5-10-22-59)53-65-56-86-66(55-85(65)91)54-84(64-39-35-62(36-40-64)60-23-11-6-12-24-60)92(86)72-47-43-70(44-48-72)90(68-27-15-8-16-28-68)74-50-52-78-76-30-18-20-32-80(76)88(3,4)82(78)58-74/h5-58H,1-4H3. The van der Waals surface area contributed by atoms with Crippen molar-refractivity contribution >= 4 is 55.9 Å². The van der Waals surface area contributed by atoms with E-state index in [-0.39, 0.29) is 10.8 Å². The van der Waals surface area contributed by atoms with Crippen LogP contribution in [-0.2, 0) is 10.8 Å². The molecule has 15 aromatic rings. The van der Waals surface area contributed by atoms with Gasteiger partial charge >= 0.3 is 0 Å². The molecule has 13 aromatic carbocycles. The molecule has 0 fully saturated rings. The second-order valence-corrected chi connectivity index (χ2v) is 25.8. The molecule has 92 heavy (non-hydrogen) atoms. The van der Waals surface area contributed by atoms with Gasteiger partial charge in [-0.1, -0.05) is 234 Å². The summed E-state index contributed by atoms with van der Waals surface area (Å²) in [5.74, 6) is 0. The Hall–Kier alpha value is -11.5. The summed E-state index contributed by atoms with van der Waals surface area (Å²) < 4.78 is 4.94. The number of fused-ring (bicyclic) bond motifs is 8. The molecule has 2 aliphatic carbocycles. The molecule has 0 N–H and O–H groups in total. The molecule has 0 radical (unpaired) electrons. The first-order valence-electron chi connectivity index (χ1n) is 32.1. The van der Waals surface area contributed by atoms with Gasteiger partial charge in [0.05, 0.1) is 22.4 Å². The molecule has 0 spiro atoms. The number of anilines is 6. The summed E-state index contributed by atoms with van der Waals surface area (Å²) in [5.41, 5.74) is 30.8. The third-order valence-corrected chi connectivity index (χ3v) is 19.7. The Kier molecular flexibility index (Phi) is 12.9. The molecule has 2 aliphatic rings. The molecule has 0 saturated heterocycles. The minimum atomic E-state index is -0.135. The second kappa shape index (κ2) is 21.7. The van der Waals surface area contributed by atoms with Crippen LogP contribution in [0.15, 0.2) is 328 Å². The summed E-state index contributed by atoms with van der Waals surface area (Å²) >= 11 is 0. The average Bonchev–Trinajstić information content (AvgIpc) is 1.60. The van der Waals surface area contributed by atoms with Crippen molar-refractivity contribution in [1.29, 1.82) is 0 Å². The lowest BCUT2D eigenvalue weighted by Gasteiger charge is -2.28. The molecule has 4 heteroatoms. The van der Waals surface area contributed by atoms with Crippen molar-refractivity contribution in [3.63, 3.8) is 0 Å². The second-order valence-electron chi connectivity index (χ2n) is 25.8. The summed E-state index contributed by atoms with van der Waals surface area (Å²) in [6.07, 6.45) is 0. The monoisotopic (exact) mass is 1180 g/mol. The molecule has 2 heterocycles. The van der Waals surface area contributed by atoms with Crippen molar-refractivity contribution in [2.45, 2.75) is 38.5 Å². The SMILES string of the molecule is CC1(C)c2ccccc2-c2ccc(N(c3ccccc3)c3ccc(-n4c(-c5ccc(-c6ccccc6)cc5)cc5cc6c(cc(-c7ccc(-c8ccccc8)cc7)n6-c6ccc(N(c7ccccc7)c7ccc8c(c7)C(C)(C)c7ccccc7-8)cc6)cc54)cc3)cc21. The highest BCUT2D eigenvalue weighted by Gasteiger charge is 2.37. The lowest BCUT2D eigenvalue weighted by atomic mass is 9.82. The maximum atomic E-state index is 2.47. The average molecular weight is 1180 g/mol. The van der Waals surface area contributed by atoms with Crippen molar-refractivity contribution in [3.8, 4) is 78.4 Å². The zero-order chi connectivity index (χ0) is 61.7. The van der Waals surface area contributed by atoms with Gasteiger partial charge in [0.25, 0.3) is 0 Å². The van der Waals surface area contributed by atoms with Crippen molar-refractivity contribution in [2.24, 2.45) is 0 Å². The number of hydrogen-bond donors (Lipinski definition) is 0. The summed E-state index contributed by atoms with van der Waals surface area (Å²) in [6.45, 7) is 9.43. The van der Waals surface area contributed by atoms with Gasteiger partial charge < -0.3 is 18.9 Å². The Bertz CT molecular complexity index is 4940. The van der Waals surface area contributed by atoms with Gasteiger partial charge in [-0.2, -0.15) is 0 Å². The van der Waals surface area contributed by atoms with E-state index in [1.807, 2.05) is 0 Å². The number of aromatic nitrogens is 2. The largest absolute Gasteiger partial charge is 0.310 e. The smallest absolute Gasteiger partial charge is 0.0542 e. The summed E-state index contributed by atoms with van der Waals surface area (Å²) in [5, 5.41) is 2.30. The van der Waals surface area contributed by atoms with E-state index in [9.17, 15) is 0 Å². The third kappa shape index (κ3) is 9.04. The molecular formula is C88H66N4. The molecule has 0 saturated carbocycles. The number of benzene rings is 13. The zero-order valence-corrected chi connectivity index (χ0v) is 52.0. The lowest BCUT2D eigenvalue weighted by Crippen LogP contribution is -2.16. The van der Waals surface area contributed by atoms with E-state index < -0.39 is 0 Å². The first-order valence-corrected chi connectivity index (χ1v) is 32.1. The van der Waals surface area contributed by atoms with Crippen LogP contribution in [-0.4, -0.2) is 9.13 Å². The number of rotatable bonds is 12. The number of nitrogens with zero attached hydrogens (tertiary/aromatic N) is 4. The Balaban J connectivity index is 0.815. The van der Waals surface area contributed by atoms with Crippen LogP contribution in [0.5, 0.6) is 0 Å². The first kappa shape index (κ1) is 54.7. The Morgan fingerprint density at radius 2 is 0.522 bits per heavy atom. The summed E-state index contributed by atoms with van der Waals surface area (Å²) in [7, 11) is 0. The van der Waals surface area contributed by atoms with Gasteiger partial charge in [-0.15, -0.1) is 0 Å². The highest BCUT2D eigenvalue weighted by atomic mass is 15.2. The minimum Gasteiger partial charge on any atom is -0.310 e. The Morgan fingerprint density at radius 1 is 0.228 bits per heavy atom.